The number of carboxylic acids is 2. The van der Waals surface area contributed by atoms with Gasteiger partial charge in [0.25, 0.3) is 0 Å². The van der Waals surface area contributed by atoms with Gasteiger partial charge in [-0.3, -0.25) is 9.59 Å². The Kier molecular flexibility index (Phi) is 12.7. The zero-order valence-electron chi connectivity index (χ0n) is 25.7. The van der Waals surface area contributed by atoms with Crippen LogP contribution < -0.4 is 10.2 Å². The van der Waals surface area contributed by atoms with Crippen LogP contribution in [0.3, 0.4) is 0 Å². The zero-order chi connectivity index (χ0) is 31.4. The predicted molar refractivity (Wildman–Crippen MR) is 152 cm³/mol. The molecular formula is C34H46MnO10. The molecule has 4 fully saturated rings. The van der Waals surface area contributed by atoms with Gasteiger partial charge in [-0.15, -0.1) is 0 Å². The molecule has 6 aliphatic carbocycles. The first-order chi connectivity index (χ1) is 21.2. The first kappa shape index (κ1) is 35.6. The van der Waals surface area contributed by atoms with Crippen LogP contribution in [-0.4, -0.2) is 60.5 Å². The van der Waals surface area contributed by atoms with Crippen molar-refractivity contribution in [1.82, 2.24) is 0 Å². The third-order valence-electron chi connectivity index (χ3n) is 11.5. The van der Waals surface area contributed by atoms with E-state index in [2.05, 4.69) is 24.3 Å². The number of carboxylic acid groups (broad SMARTS) is 2. The van der Waals surface area contributed by atoms with E-state index >= 15 is 0 Å². The number of rotatable bonds is 12. The number of esters is 2. The van der Waals surface area contributed by atoms with Crippen molar-refractivity contribution in [2.75, 3.05) is 26.4 Å². The molecule has 0 aromatic heterocycles. The smallest absolute Gasteiger partial charge is 0.550 e. The Morgan fingerprint density at radius 1 is 0.533 bits per heavy atom. The molecular weight excluding hydrogens is 623 g/mol. The Hall–Kier alpha value is -2.20. The van der Waals surface area contributed by atoms with Crippen LogP contribution in [0.15, 0.2) is 24.3 Å². The van der Waals surface area contributed by atoms with E-state index in [-0.39, 0.29) is 43.5 Å². The van der Waals surface area contributed by atoms with Crippen molar-refractivity contribution in [1.29, 1.82) is 0 Å². The Morgan fingerprint density at radius 2 is 0.844 bits per heavy atom. The van der Waals surface area contributed by atoms with Gasteiger partial charge < -0.3 is 39.5 Å². The molecule has 4 bridgehead atoms. The number of unbranched alkanes of at least 4 members (excludes halogenated alkanes) is 2. The molecule has 6 rings (SSSR count). The van der Waals surface area contributed by atoms with Crippen LogP contribution >= 0.6 is 0 Å². The molecule has 0 saturated heterocycles. The maximum atomic E-state index is 12.3. The molecule has 1 radical (unpaired) electrons. The van der Waals surface area contributed by atoms with Gasteiger partial charge in [-0.25, -0.2) is 0 Å². The van der Waals surface area contributed by atoms with Crippen molar-refractivity contribution < 1.29 is 66.1 Å². The number of fused-ring (bicyclic) bond motifs is 10. The van der Waals surface area contributed by atoms with Gasteiger partial charge in [-0.2, -0.15) is 0 Å². The molecule has 0 aromatic carbocycles. The number of hydrogen-bond donors (Lipinski definition) is 2. The summed E-state index contributed by atoms with van der Waals surface area (Å²) in [4.78, 5) is 47.5. The van der Waals surface area contributed by atoms with E-state index in [0.29, 0.717) is 98.7 Å². The number of ether oxygens (including phenoxy) is 2. The Balaban J connectivity index is 0.000000200. The van der Waals surface area contributed by atoms with E-state index in [1.807, 2.05) is 0 Å². The quantitative estimate of drug-likeness (QED) is 0.132. The van der Waals surface area contributed by atoms with Crippen molar-refractivity contribution >= 4 is 23.9 Å². The van der Waals surface area contributed by atoms with Crippen LogP contribution in [0.1, 0.15) is 64.2 Å². The van der Waals surface area contributed by atoms with Gasteiger partial charge in [-0.05, 0) is 112 Å². The van der Waals surface area contributed by atoms with Gasteiger partial charge in [0, 0.05) is 37.0 Å². The fraction of sp³-hybridized carbons (Fsp3) is 0.765. The van der Waals surface area contributed by atoms with E-state index in [1.165, 1.54) is 0 Å². The van der Waals surface area contributed by atoms with Crippen molar-refractivity contribution in [3.63, 3.8) is 0 Å². The average molecular weight is 670 g/mol. The first-order valence-corrected chi connectivity index (χ1v) is 16.6. The van der Waals surface area contributed by atoms with Crippen LogP contribution in [0.5, 0.6) is 0 Å². The van der Waals surface area contributed by atoms with Crippen molar-refractivity contribution in [2.45, 2.75) is 64.2 Å². The molecule has 12 unspecified atom stereocenters. The molecule has 0 spiro atoms. The second-order valence-corrected chi connectivity index (χ2v) is 13.8. The molecule has 10 nitrogen and oxygen atoms in total. The molecule has 0 heterocycles. The fourth-order valence-electron chi connectivity index (χ4n) is 9.31. The summed E-state index contributed by atoms with van der Waals surface area (Å²) in [6.45, 7) is 0.634. The standard InChI is InChI=1S/2C17H24O5.Mn/c2*18-5-1-2-6-22-17(21)15-9-13-11-4-3-10(7-11)12(13)8-14(15)16(19)20;/h2*3-4,10-15,18H,1-2,5-9H2,(H,19,20);/q;;+2/p-2. The summed E-state index contributed by atoms with van der Waals surface area (Å²) < 4.78 is 10.5. The largest absolute Gasteiger partial charge is 2.00 e. The van der Waals surface area contributed by atoms with Crippen LogP contribution in [0, 0.1) is 71.0 Å². The maximum absolute atomic E-state index is 12.3. The molecule has 0 amide bonds. The van der Waals surface area contributed by atoms with E-state index in [4.69, 9.17) is 19.7 Å². The number of aliphatic carboxylic acids is 2. The SMILES string of the molecule is O=C([O-])C1CC2C3C=CC(C3)C2CC1C(=O)OCCCCO.O=C([O-])C1CC2C3C=CC(C3)C2CC1C(=O)OCCCCO.[Mn+2]. The Morgan fingerprint density at radius 3 is 1.13 bits per heavy atom. The Bertz CT molecular complexity index is 1040. The summed E-state index contributed by atoms with van der Waals surface area (Å²) in [7, 11) is 0. The fourth-order valence-corrected chi connectivity index (χ4v) is 9.31. The van der Waals surface area contributed by atoms with E-state index < -0.39 is 47.5 Å². The van der Waals surface area contributed by atoms with E-state index in [0.717, 1.165) is 12.8 Å². The predicted octanol–water partition coefficient (Wildman–Crippen LogP) is 1.03. The molecule has 4 saturated carbocycles. The van der Waals surface area contributed by atoms with E-state index in [9.17, 15) is 29.4 Å². The minimum Gasteiger partial charge on any atom is -0.550 e. The number of aliphatic hydroxyl groups is 2. The molecule has 12 atom stereocenters. The third kappa shape index (κ3) is 7.86. The summed E-state index contributed by atoms with van der Waals surface area (Å²) in [5.41, 5.74) is 0. The molecule has 0 aliphatic heterocycles. The zero-order valence-corrected chi connectivity index (χ0v) is 26.9. The number of hydrogen-bond acceptors (Lipinski definition) is 10. The summed E-state index contributed by atoms with van der Waals surface area (Å²) in [5, 5.41) is 40.4. The average Bonchev–Trinajstić information content (AvgIpc) is 3.83. The van der Waals surface area contributed by atoms with Crippen LogP contribution in [-0.2, 0) is 45.7 Å². The number of allylic oxidation sites excluding steroid dienone is 4. The van der Waals surface area contributed by atoms with Gasteiger partial charge in [0.15, 0.2) is 0 Å². The van der Waals surface area contributed by atoms with Gasteiger partial charge >= 0.3 is 29.0 Å². The summed E-state index contributed by atoms with van der Waals surface area (Å²) in [6, 6.07) is 0. The van der Waals surface area contributed by atoms with Crippen LogP contribution in [0.25, 0.3) is 0 Å². The molecule has 2 N–H and O–H groups in total. The first-order valence-electron chi connectivity index (χ1n) is 16.6. The van der Waals surface area contributed by atoms with Crippen LogP contribution in [0.4, 0.5) is 0 Å². The number of aliphatic hydroxyl groups excluding tert-OH is 2. The minimum absolute atomic E-state index is 0. The van der Waals surface area contributed by atoms with Gasteiger partial charge in [0.05, 0.1) is 25.0 Å². The minimum atomic E-state index is -1.12. The van der Waals surface area contributed by atoms with Gasteiger partial charge in [0.1, 0.15) is 0 Å². The van der Waals surface area contributed by atoms with Crippen molar-refractivity contribution in [3.05, 3.63) is 24.3 Å². The summed E-state index contributed by atoms with van der Waals surface area (Å²) >= 11 is 0. The molecule has 0 aromatic rings. The van der Waals surface area contributed by atoms with Crippen LogP contribution in [0.2, 0.25) is 0 Å². The maximum Gasteiger partial charge on any atom is 2.00 e. The molecule has 249 valence electrons. The van der Waals surface area contributed by atoms with Gasteiger partial charge in [0.2, 0.25) is 0 Å². The summed E-state index contributed by atoms with van der Waals surface area (Å²) in [6.07, 6.45) is 15.8. The third-order valence-corrected chi connectivity index (χ3v) is 11.5. The molecule has 6 aliphatic rings. The monoisotopic (exact) mass is 669 g/mol. The topological polar surface area (TPSA) is 173 Å². The summed E-state index contributed by atoms with van der Waals surface area (Å²) in [5.74, 6) is -2.07. The van der Waals surface area contributed by atoms with Gasteiger partial charge in [-0.1, -0.05) is 24.3 Å². The number of carbonyl (C=O) groups is 4. The number of carbonyl (C=O) groups excluding carboxylic acids is 4. The second-order valence-electron chi connectivity index (χ2n) is 13.8. The van der Waals surface area contributed by atoms with Crippen molar-refractivity contribution in [2.24, 2.45) is 71.0 Å². The normalized spacial score (nSPS) is 37.9. The Labute approximate surface area is 275 Å². The molecule has 11 heteroatoms. The molecule has 45 heavy (non-hydrogen) atoms. The van der Waals surface area contributed by atoms with E-state index in [1.54, 1.807) is 0 Å². The second kappa shape index (κ2) is 16.1. The van der Waals surface area contributed by atoms with Crippen molar-refractivity contribution in [3.8, 4) is 0 Å².